The van der Waals surface area contributed by atoms with Crippen molar-refractivity contribution in [3.05, 3.63) is 88.9 Å². The van der Waals surface area contributed by atoms with Gasteiger partial charge in [-0.2, -0.15) is 0 Å². The van der Waals surface area contributed by atoms with Crippen molar-refractivity contribution in [3.63, 3.8) is 0 Å². The molecule has 0 radical (unpaired) electrons. The second-order valence-corrected chi connectivity index (χ2v) is 9.14. The van der Waals surface area contributed by atoms with Crippen LogP contribution in [0.15, 0.2) is 88.2 Å². The fraction of sp³-hybridized carbons (Fsp3) is 0.136. The zero-order valence-corrected chi connectivity index (χ0v) is 18.3. The summed E-state index contributed by atoms with van der Waals surface area (Å²) in [5, 5.41) is 2.77. The summed E-state index contributed by atoms with van der Waals surface area (Å²) in [5.74, 6) is -0.423. The van der Waals surface area contributed by atoms with Gasteiger partial charge in [-0.15, -0.1) is 0 Å². The molecule has 3 aromatic rings. The highest BCUT2D eigenvalue weighted by molar-refractivity contribution is 9.10. The Morgan fingerprint density at radius 3 is 2.34 bits per heavy atom. The first-order valence-electron chi connectivity index (χ1n) is 9.13. The Morgan fingerprint density at radius 2 is 1.66 bits per heavy atom. The summed E-state index contributed by atoms with van der Waals surface area (Å²) < 4.78 is 28.8. The maximum Gasteiger partial charge on any atom is 0.264 e. The fourth-order valence-corrected chi connectivity index (χ4v) is 4.85. The van der Waals surface area contributed by atoms with Gasteiger partial charge in [-0.25, -0.2) is 8.42 Å². The number of halogens is 1. The minimum absolute atomic E-state index is 0.140. The molecule has 0 atom stereocenters. The molecule has 0 saturated carbocycles. The molecule has 3 aromatic carbocycles. The van der Waals surface area contributed by atoms with Crippen LogP contribution in [0.5, 0.6) is 0 Å². The Balaban J connectivity index is 1.98. The summed E-state index contributed by atoms with van der Waals surface area (Å²) >= 11 is 3.36. The van der Waals surface area contributed by atoms with Gasteiger partial charge in [0.1, 0.15) is 6.54 Å². The van der Waals surface area contributed by atoms with Crippen LogP contribution >= 0.6 is 15.9 Å². The number of anilines is 2. The van der Waals surface area contributed by atoms with E-state index in [0.29, 0.717) is 17.8 Å². The van der Waals surface area contributed by atoms with Crippen molar-refractivity contribution in [3.8, 4) is 0 Å². The van der Waals surface area contributed by atoms with Crippen molar-refractivity contribution in [1.29, 1.82) is 0 Å². The van der Waals surface area contributed by atoms with E-state index in [4.69, 9.17) is 0 Å². The standard InChI is InChI=1S/C22H21BrN2O3S/c1-2-17-9-6-7-14-21(17)25(29(27,28)20-12-4-3-5-13-20)16-22(26)24-19-11-8-10-18(23)15-19/h3-15H,2,16H2,1H3,(H,24,26). The molecule has 1 amide bonds. The van der Waals surface area contributed by atoms with Gasteiger partial charge in [0, 0.05) is 10.2 Å². The first-order chi connectivity index (χ1) is 13.9. The number of carbonyl (C=O) groups is 1. The summed E-state index contributed by atoms with van der Waals surface area (Å²) in [4.78, 5) is 12.9. The predicted molar refractivity (Wildman–Crippen MR) is 120 cm³/mol. The summed E-state index contributed by atoms with van der Waals surface area (Å²) in [6.45, 7) is 1.62. The molecule has 5 nitrogen and oxygen atoms in total. The quantitative estimate of drug-likeness (QED) is 0.534. The van der Waals surface area contributed by atoms with Crippen LogP contribution in [0.4, 0.5) is 11.4 Å². The largest absolute Gasteiger partial charge is 0.324 e. The number of benzene rings is 3. The van der Waals surface area contributed by atoms with Crippen LogP contribution < -0.4 is 9.62 Å². The molecule has 0 saturated heterocycles. The SMILES string of the molecule is CCc1ccccc1N(CC(=O)Nc1cccc(Br)c1)S(=O)(=O)c1ccccc1. The molecule has 0 aliphatic heterocycles. The molecule has 29 heavy (non-hydrogen) atoms. The van der Waals surface area contributed by atoms with Crippen molar-refractivity contribution in [2.75, 3.05) is 16.2 Å². The van der Waals surface area contributed by atoms with Gasteiger partial charge in [0.05, 0.1) is 10.6 Å². The highest BCUT2D eigenvalue weighted by atomic mass is 79.9. The molecular weight excluding hydrogens is 452 g/mol. The van der Waals surface area contributed by atoms with Gasteiger partial charge in [-0.1, -0.05) is 65.3 Å². The normalized spacial score (nSPS) is 11.1. The third-order valence-electron chi connectivity index (χ3n) is 4.37. The Morgan fingerprint density at radius 1 is 0.966 bits per heavy atom. The average Bonchev–Trinajstić information content (AvgIpc) is 2.72. The van der Waals surface area contributed by atoms with E-state index in [1.807, 2.05) is 25.1 Å². The molecule has 0 heterocycles. The van der Waals surface area contributed by atoms with Crippen LogP contribution in [-0.4, -0.2) is 20.9 Å². The maximum atomic E-state index is 13.4. The molecule has 0 unspecified atom stereocenters. The monoisotopic (exact) mass is 472 g/mol. The van der Waals surface area contributed by atoms with Crippen molar-refractivity contribution in [2.45, 2.75) is 18.2 Å². The predicted octanol–water partition coefficient (Wildman–Crippen LogP) is 4.85. The highest BCUT2D eigenvalue weighted by Crippen LogP contribution is 2.27. The number of amides is 1. The molecule has 150 valence electrons. The van der Waals surface area contributed by atoms with Crippen molar-refractivity contribution < 1.29 is 13.2 Å². The molecule has 0 aliphatic rings. The number of sulfonamides is 1. The number of hydrogen-bond acceptors (Lipinski definition) is 3. The lowest BCUT2D eigenvalue weighted by atomic mass is 10.1. The second kappa shape index (κ2) is 9.24. The molecule has 0 aliphatic carbocycles. The smallest absolute Gasteiger partial charge is 0.264 e. The summed E-state index contributed by atoms with van der Waals surface area (Å²) in [6.07, 6.45) is 0.643. The molecule has 0 aromatic heterocycles. The molecule has 3 rings (SSSR count). The molecule has 7 heteroatoms. The van der Waals surface area contributed by atoms with Crippen molar-refractivity contribution in [2.24, 2.45) is 0 Å². The van der Waals surface area contributed by atoms with Crippen molar-refractivity contribution in [1.82, 2.24) is 0 Å². The summed E-state index contributed by atoms with van der Waals surface area (Å²) in [7, 11) is -3.92. The van der Waals surface area contributed by atoms with Gasteiger partial charge < -0.3 is 5.32 Å². The third kappa shape index (κ3) is 5.05. The minimum Gasteiger partial charge on any atom is -0.324 e. The van der Waals surface area contributed by atoms with Crippen LogP contribution in [0.3, 0.4) is 0 Å². The maximum absolute atomic E-state index is 13.4. The summed E-state index contributed by atoms with van der Waals surface area (Å²) in [5.41, 5.74) is 1.94. The van der Waals surface area contributed by atoms with Crippen LogP contribution in [0.25, 0.3) is 0 Å². The van der Waals surface area contributed by atoms with E-state index < -0.39 is 15.9 Å². The van der Waals surface area contributed by atoms with Gasteiger partial charge in [0.2, 0.25) is 5.91 Å². The molecule has 1 N–H and O–H groups in total. The number of hydrogen-bond donors (Lipinski definition) is 1. The van der Waals surface area contributed by atoms with Gasteiger partial charge in [-0.05, 0) is 48.4 Å². The van der Waals surface area contributed by atoms with Crippen molar-refractivity contribution >= 4 is 43.2 Å². The van der Waals surface area contributed by atoms with Crippen LogP contribution in [0.1, 0.15) is 12.5 Å². The lowest BCUT2D eigenvalue weighted by Gasteiger charge is -2.26. The Kier molecular flexibility index (Phi) is 6.71. The van der Waals surface area contributed by atoms with Gasteiger partial charge in [0.25, 0.3) is 10.0 Å². The van der Waals surface area contributed by atoms with Gasteiger partial charge >= 0.3 is 0 Å². The lowest BCUT2D eigenvalue weighted by molar-refractivity contribution is -0.114. The van der Waals surface area contributed by atoms with Crippen LogP contribution in [0, 0.1) is 0 Å². The number of carbonyl (C=O) groups excluding carboxylic acids is 1. The van der Waals surface area contributed by atoms with E-state index in [1.165, 1.54) is 16.4 Å². The number of aryl methyl sites for hydroxylation is 1. The van der Waals surface area contributed by atoms with Crippen LogP contribution in [-0.2, 0) is 21.2 Å². The van der Waals surface area contributed by atoms with Gasteiger partial charge in [0.15, 0.2) is 0 Å². The topological polar surface area (TPSA) is 66.5 Å². The fourth-order valence-electron chi connectivity index (χ4n) is 2.97. The zero-order valence-electron chi connectivity index (χ0n) is 15.9. The first kappa shape index (κ1) is 21.1. The average molecular weight is 473 g/mol. The minimum atomic E-state index is -3.92. The number of rotatable bonds is 7. The summed E-state index contributed by atoms with van der Waals surface area (Å²) in [6, 6.07) is 22.5. The second-order valence-electron chi connectivity index (χ2n) is 6.37. The third-order valence-corrected chi connectivity index (χ3v) is 6.64. The molecule has 0 bridgehead atoms. The number of nitrogens with one attached hydrogen (secondary N) is 1. The zero-order chi connectivity index (χ0) is 20.9. The first-order valence-corrected chi connectivity index (χ1v) is 11.4. The van der Waals surface area contributed by atoms with E-state index in [9.17, 15) is 13.2 Å². The van der Waals surface area contributed by atoms with Crippen LogP contribution in [0.2, 0.25) is 0 Å². The molecule has 0 spiro atoms. The van der Waals surface area contributed by atoms with E-state index >= 15 is 0 Å². The lowest BCUT2D eigenvalue weighted by Crippen LogP contribution is -2.38. The number of nitrogens with zero attached hydrogens (tertiary/aromatic N) is 1. The van der Waals surface area contributed by atoms with E-state index in [2.05, 4.69) is 21.2 Å². The van der Waals surface area contributed by atoms with Gasteiger partial charge in [-0.3, -0.25) is 9.10 Å². The Bertz CT molecular complexity index is 1100. The molecular formula is C22H21BrN2O3S. The Labute approximate surface area is 179 Å². The van der Waals surface area contributed by atoms with E-state index in [1.54, 1.807) is 48.5 Å². The van der Waals surface area contributed by atoms with E-state index in [-0.39, 0.29) is 11.4 Å². The molecule has 0 fully saturated rings. The highest BCUT2D eigenvalue weighted by Gasteiger charge is 2.28. The number of para-hydroxylation sites is 1. The Hall–Kier alpha value is -2.64. The van der Waals surface area contributed by atoms with E-state index in [0.717, 1.165) is 10.0 Å².